The lowest BCUT2D eigenvalue weighted by Crippen LogP contribution is -2.41. The molecule has 0 amide bonds. The van der Waals surface area contributed by atoms with Gasteiger partial charge in [0.25, 0.3) is 0 Å². The summed E-state index contributed by atoms with van der Waals surface area (Å²) in [5.74, 6) is 0.893. The Bertz CT molecular complexity index is 367. The van der Waals surface area contributed by atoms with Gasteiger partial charge in [-0.15, -0.1) is 0 Å². The molecule has 1 N–H and O–H groups in total. The first kappa shape index (κ1) is 13.4. The smallest absolute Gasteiger partial charge is 0.119 e. The van der Waals surface area contributed by atoms with Crippen molar-refractivity contribution in [2.24, 2.45) is 0 Å². The molecule has 100 valence electrons. The molecule has 0 bridgehead atoms. The molecule has 0 saturated heterocycles. The van der Waals surface area contributed by atoms with Crippen LogP contribution in [-0.2, 0) is 11.3 Å². The van der Waals surface area contributed by atoms with E-state index >= 15 is 0 Å². The summed E-state index contributed by atoms with van der Waals surface area (Å²) in [5.41, 5.74) is 1.18. The largest absolute Gasteiger partial charge is 0.497 e. The number of methoxy groups -OCH3 is 1. The predicted molar refractivity (Wildman–Crippen MR) is 72.9 cm³/mol. The summed E-state index contributed by atoms with van der Waals surface area (Å²) in [7, 11) is 3.72. The van der Waals surface area contributed by atoms with E-state index < -0.39 is 0 Å². The van der Waals surface area contributed by atoms with Gasteiger partial charge in [-0.2, -0.15) is 0 Å². The Kier molecular flexibility index (Phi) is 5.02. The van der Waals surface area contributed by atoms with Crippen LogP contribution >= 0.6 is 0 Å². The molecule has 3 nitrogen and oxygen atoms in total. The van der Waals surface area contributed by atoms with Crippen molar-refractivity contribution >= 4 is 0 Å². The lowest BCUT2D eigenvalue weighted by Gasteiger charge is -2.31. The lowest BCUT2D eigenvalue weighted by atomic mass is 9.92. The molecular weight excluding hydrogens is 226 g/mol. The van der Waals surface area contributed by atoms with E-state index in [1.165, 1.54) is 24.8 Å². The summed E-state index contributed by atoms with van der Waals surface area (Å²) in [6.07, 6.45) is 5.32. The highest BCUT2D eigenvalue weighted by atomic mass is 16.5. The molecule has 0 aromatic heterocycles. The molecule has 1 saturated carbocycles. The van der Waals surface area contributed by atoms with Gasteiger partial charge in [0.15, 0.2) is 0 Å². The van der Waals surface area contributed by atoms with Crippen molar-refractivity contribution in [3.63, 3.8) is 0 Å². The summed E-state index contributed by atoms with van der Waals surface area (Å²) >= 11 is 0. The van der Waals surface area contributed by atoms with Gasteiger partial charge in [0.1, 0.15) is 5.75 Å². The molecule has 1 aliphatic carbocycles. The summed E-state index contributed by atoms with van der Waals surface area (Å²) in [4.78, 5) is 0. The molecule has 0 radical (unpaired) electrons. The first-order chi connectivity index (χ1) is 8.83. The van der Waals surface area contributed by atoms with Crippen molar-refractivity contribution in [1.29, 1.82) is 0 Å². The summed E-state index contributed by atoms with van der Waals surface area (Å²) in [5, 5.41) is 3.36. The fraction of sp³-hybridized carbons (Fsp3) is 0.600. The highest BCUT2D eigenvalue weighted by Gasteiger charge is 2.24. The maximum Gasteiger partial charge on any atom is 0.119 e. The minimum Gasteiger partial charge on any atom is -0.497 e. The Morgan fingerprint density at radius 2 is 2.11 bits per heavy atom. The van der Waals surface area contributed by atoms with Crippen LogP contribution in [0.15, 0.2) is 24.3 Å². The van der Waals surface area contributed by atoms with Gasteiger partial charge in [-0.25, -0.2) is 0 Å². The third-order valence-corrected chi connectivity index (χ3v) is 3.67. The number of ether oxygens (including phenoxy) is 2. The zero-order valence-corrected chi connectivity index (χ0v) is 11.3. The molecule has 18 heavy (non-hydrogen) atoms. The van der Waals surface area contributed by atoms with E-state index in [2.05, 4.69) is 11.4 Å². The second-order valence-electron chi connectivity index (χ2n) is 4.88. The lowest BCUT2D eigenvalue weighted by molar-refractivity contribution is -0.00366. The average Bonchev–Trinajstić information content (AvgIpc) is 2.45. The van der Waals surface area contributed by atoms with E-state index in [-0.39, 0.29) is 0 Å². The van der Waals surface area contributed by atoms with E-state index in [0.29, 0.717) is 18.8 Å². The average molecular weight is 249 g/mol. The van der Waals surface area contributed by atoms with Gasteiger partial charge in [0.05, 0.1) is 19.8 Å². The Labute approximate surface area is 109 Å². The fourth-order valence-electron chi connectivity index (χ4n) is 2.59. The number of rotatable bonds is 5. The molecule has 2 rings (SSSR count). The van der Waals surface area contributed by atoms with Crippen LogP contribution in [0.25, 0.3) is 0 Å². The molecule has 1 aromatic carbocycles. The Balaban J connectivity index is 1.89. The zero-order chi connectivity index (χ0) is 12.8. The van der Waals surface area contributed by atoms with Crippen LogP contribution in [0, 0.1) is 0 Å². The maximum atomic E-state index is 6.05. The Morgan fingerprint density at radius 3 is 2.89 bits per heavy atom. The number of benzene rings is 1. The number of likely N-dealkylation sites (N-methyl/N-ethyl adjacent to an activating group) is 1. The van der Waals surface area contributed by atoms with Crippen molar-refractivity contribution in [1.82, 2.24) is 5.32 Å². The van der Waals surface area contributed by atoms with Crippen molar-refractivity contribution in [2.45, 2.75) is 44.4 Å². The first-order valence-corrected chi connectivity index (χ1v) is 6.75. The highest BCUT2D eigenvalue weighted by Crippen LogP contribution is 2.22. The van der Waals surface area contributed by atoms with E-state index in [1.54, 1.807) is 7.11 Å². The van der Waals surface area contributed by atoms with Crippen LogP contribution in [0.3, 0.4) is 0 Å². The second kappa shape index (κ2) is 6.76. The molecule has 0 spiro atoms. The molecule has 1 fully saturated rings. The van der Waals surface area contributed by atoms with Crippen molar-refractivity contribution in [2.75, 3.05) is 14.2 Å². The highest BCUT2D eigenvalue weighted by molar-refractivity contribution is 5.27. The van der Waals surface area contributed by atoms with Crippen LogP contribution in [0.5, 0.6) is 5.75 Å². The third kappa shape index (κ3) is 3.47. The van der Waals surface area contributed by atoms with Gasteiger partial charge >= 0.3 is 0 Å². The standard InChI is InChI=1S/C15H23NO2/c1-16-14-8-3-4-9-15(14)18-11-12-6-5-7-13(10-12)17-2/h5-7,10,14-16H,3-4,8-9,11H2,1-2H3. The van der Waals surface area contributed by atoms with Crippen LogP contribution < -0.4 is 10.1 Å². The number of hydrogen-bond donors (Lipinski definition) is 1. The van der Waals surface area contributed by atoms with E-state index in [0.717, 1.165) is 12.2 Å². The number of nitrogens with one attached hydrogen (secondary N) is 1. The van der Waals surface area contributed by atoms with Crippen LogP contribution in [0.1, 0.15) is 31.2 Å². The molecule has 3 heteroatoms. The van der Waals surface area contributed by atoms with Crippen molar-refractivity contribution in [3.05, 3.63) is 29.8 Å². The quantitative estimate of drug-likeness (QED) is 0.870. The topological polar surface area (TPSA) is 30.5 Å². The van der Waals surface area contributed by atoms with E-state index in [9.17, 15) is 0 Å². The van der Waals surface area contributed by atoms with E-state index in [1.807, 2.05) is 25.2 Å². The third-order valence-electron chi connectivity index (χ3n) is 3.67. The summed E-state index contributed by atoms with van der Waals surface area (Å²) < 4.78 is 11.3. The van der Waals surface area contributed by atoms with Crippen LogP contribution in [0.4, 0.5) is 0 Å². The Morgan fingerprint density at radius 1 is 1.28 bits per heavy atom. The molecule has 2 atom stereocenters. The van der Waals surface area contributed by atoms with Crippen molar-refractivity contribution in [3.8, 4) is 5.75 Å². The van der Waals surface area contributed by atoms with Gasteiger partial charge in [0, 0.05) is 6.04 Å². The Hall–Kier alpha value is -1.06. The van der Waals surface area contributed by atoms with Gasteiger partial charge in [0.2, 0.25) is 0 Å². The first-order valence-electron chi connectivity index (χ1n) is 6.75. The summed E-state index contributed by atoms with van der Waals surface area (Å²) in [6, 6.07) is 8.59. The predicted octanol–water partition coefficient (Wildman–Crippen LogP) is 2.74. The van der Waals surface area contributed by atoms with Gasteiger partial charge in [-0.3, -0.25) is 0 Å². The minimum absolute atomic E-state index is 0.343. The van der Waals surface area contributed by atoms with Gasteiger partial charge in [-0.1, -0.05) is 25.0 Å². The normalized spacial score (nSPS) is 23.9. The zero-order valence-electron chi connectivity index (χ0n) is 11.3. The van der Waals surface area contributed by atoms with Gasteiger partial charge < -0.3 is 14.8 Å². The molecular formula is C15H23NO2. The van der Waals surface area contributed by atoms with Gasteiger partial charge in [-0.05, 0) is 37.6 Å². The molecule has 1 aromatic rings. The minimum atomic E-state index is 0.343. The molecule has 0 heterocycles. The molecule has 0 aliphatic heterocycles. The maximum absolute atomic E-state index is 6.05. The van der Waals surface area contributed by atoms with Crippen LogP contribution in [-0.4, -0.2) is 26.3 Å². The second-order valence-corrected chi connectivity index (χ2v) is 4.88. The van der Waals surface area contributed by atoms with Crippen molar-refractivity contribution < 1.29 is 9.47 Å². The SMILES string of the molecule is CNC1CCCCC1OCc1cccc(OC)c1. The summed E-state index contributed by atoms with van der Waals surface area (Å²) in [6.45, 7) is 0.667. The van der Waals surface area contributed by atoms with E-state index in [4.69, 9.17) is 9.47 Å². The van der Waals surface area contributed by atoms with Crippen LogP contribution in [0.2, 0.25) is 0 Å². The number of hydrogen-bond acceptors (Lipinski definition) is 3. The molecule has 2 unspecified atom stereocenters. The molecule has 1 aliphatic rings. The monoisotopic (exact) mass is 249 g/mol. The fourth-order valence-corrected chi connectivity index (χ4v) is 2.59.